The molecule has 2 rings (SSSR count). The van der Waals surface area contributed by atoms with Gasteiger partial charge in [-0.15, -0.1) is 12.4 Å². The molecule has 0 spiro atoms. The summed E-state index contributed by atoms with van der Waals surface area (Å²) >= 11 is 0. The summed E-state index contributed by atoms with van der Waals surface area (Å²) in [5.74, 6) is 0. The Morgan fingerprint density at radius 2 is 1.90 bits per heavy atom. The molecule has 1 aliphatic rings. The molecule has 1 heterocycles. The van der Waals surface area contributed by atoms with Crippen LogP contribution in [0.1, 0.15) is 25.0 Å². The van der Waals surface area contributed by atoms with Crippen LogP contribution in [-0.4, -0.2) is 37.9 Å². The zero-order valence-corrected chi connectivity index (χ0v) is 14.0. The summed E-state index contributed by atoms with van der Waals surface area (Å²) in [5.41, 5.74) is 1.78. The summed E-state index contributed by atoms with van der Waals surface area (Å²) in [6, 6.07) is 5.73. The van der Waals surface area contributed by atoms with Crippen molar-refractivity contribution in [3.8, 4) is 0 Å². The maximum absolute atomic E-state index is 12.8. The zero-order valence-electron chi connectivity index (χ0n) is 12.4. The molecule has 0 bridgehead atoms. The number of aryl methyl sites for hydroxylation is 2. The highest BCUT2D eigenvalue weighted by Crippen LogP contribution is 2.24. The topological polar surface area (TPSA) is 49.4 Å². The van der Waals surface area contributed by atoms with Crippen LogP contribution in [0.25, 0.3) is 0 Å². The number of hydrogen-bond donors (Lipinski definition) is 1. The van der Waals surface area contributed by atoms with Gasteiger partial charge in [0, 0.05) is 25.2 Å². The standard InChI is InChI=1S/C14H22N2O2S.ClH/c1-10-5-6-11(2)14(9-10)19(17,18)16-8-7-15-12(3)13(16)4;/h5-6,9,12-13,15H,7-8H2,1-4H3;1H. The van der Waals surface area contributed by atoms with Crippen molar-refractivity contribution in [2.75, 3.05) is 13.1 Å². The van der Waals surface area contributed by atoms with Crippen LogP contribution in [0, 0.1) is 13.8 Å². The number of rotatable bonds is 2. The minimum atomic E-state index is -3.40. The second kappa shape index (κ2) is 6.43. The fourth-order valence-corrected chi connectivity index (χ4v) is 4.49. The van der Waals surface area contributed by atoms with Gasteiger partial charge in [0.2, 0.25) is 10.0 Å². The van der Waals surface area contributed by atoms with E-state index in [1.165, 1.54) is 0 Å². The molecule has 1 saturated heterocycles. The third-order valence-corrected chi connectivity index (χ3v) is 6.03. The molecule has 0 aromatic heterocycles. The highest BCUT2D eigenvalue weighted by molar-refractivity contribution is 7.89. The SMILES string of the molecule is Cc1ccc(C)c(S(=O)(=O)N2CCNC(C)C2C)c1.Cl. The van der Waals surface area contributed by atoms with Gasteiger partial charge in [0.25, 0.3) is 0 Å². The molecule has 1 aromatic carbocycles. The van der Waals surface area contributed by atoms with Gasteiger partial charge in [-0.2, -0.15) is 4.31 Å². The lowest BCUT2D eigenvalue weighted by molar-refractivity contribution is 0.233. The lowest BCUT2D eigenvalue weighted by Gasteiger charge is -2.37. The van der Waals surface area contributed by atoms with Crippen LogP contribution in [-0.2, 0) is 10.0 Å². The molecule has 0 saturated carbocycles. The molecule has 0 aliphatic carbocycles. The van der Waals surface area contributed by atoms with Crippen molar-refractivity contribution in [1.82, 2.24) is 9.62 Å². The van der Waals surface area contributed by atoms with E-state index in [0.717, 1.165) is 11.1 Å². The molecule has 0 amide bonds. The number of nitrogens with zero attached hydrogens (tertiary/aromatic N) is 1. The molecule has 1 aromatic rings. The van der Waals surface area contributed by atoms with Crippen molar-refractivity contribution in [3.63, 3.8) is 0 Å². The number of halogens is 1. The Balaban J connectivity index is 0.00000200. The average Bonchev–Trinajstić information content (AvgIpc) is 2.35. The number of hydrogen-bond acceptors (Lipinski definition) is 3. The van der Waals surface area contributed by atoms with Crippen LogP contribution >= 0.6 is 12.4 Å². The van der Waals surface area contributed by atoms with Crippen molar-refractivity contribution >= 4 is 22.4 Å². The van der Waals surface area contributed by atoms with Crippen LogP contribution < -0.4 is 5.32 Å². The lowest BCUT2D eigenvalue weighted by Crippen LogP contribution is -2.57. The first kappa shape index (κ1) is 17.4. The molecule has 1 N–H and O–H groups in total. The van der Waals surface area contributed by atoms with Gasteiger partial charge >= 0.3 is 0 Å². The van der Waals surface area contributed by atoms with E-state index in [-0.39, 0.29) is 24.5 Å². The number of piperazine rings is 1. The van der Waals surface area contributed by atoms with Gasteiger partial charge in [0.15, 0.2) is 0 Å². The van der Waals surface area contributed by atoms with Crippen LogP contribution in [0.2, 0.25) is 0 Å². The van der Waals surface area contributed by atoms with Gasteiger partial charge in [-0.25, -0.2) is 8.42 Å². The molecule has 2 atom stereocenters. The van der Waals surface area contributed by atoms with Crippen LogP contribution in [0.3, 0.4) is 0 Å². The largest absolute Gasteiger partial charge is 0.311 e. The third-order valence-electron chi connectivity index (χ3n) is 3.91. The summed E-state index contributed by atoms with van der Waals surface area (Å²) in [7, 11) is -3.40. The van der Waals surface area contributed by atoms with E-state index in [9.17, 15) is 8.42 Å². The van der Waals surface area contributed by atoms with Crippen molar-refractivity contribution < 1.29 is 8.42 Å². The Kier molecular flexibility index (Phi) is 5.61. The van der Waals surface area contributed by atoms with Gasteiger partial charge in [0.05, 0.1) is 4.90 Å². The Morgan fingerprint density at radius 1 is 1.25 bits per heavy atom. The van der Waals surface area contributed by atoms with Crippen molar-refractivity contribution in [2.45, 2.75) is 44.7 Å². The summed E-state index contributed by atoms with van der Waals surface area (Å²) in [6.07, 6.45) is 0. The van der Waals surface area contributed by atoms with Gasteiger partial charge in [-0.1, -0.05) is 12.1 Å². The predicted octanol–water partition coefficient (Wildman–Crippen LogP) is 2.10. The third kappa shape index (κ3) is 3.17. The van der Waals surface area contributed by atoms with E-state index in [1.54, 1.807) is 10.4 Å². The van der Waals surface area contributed by atoms with Crippen molar-refractivity contribution in [3.05, 3.63) is 29.3 Å². The highest BCUT2D eigenvalue weighted by Gasteiger charge is 2.35. The summed E-state index contributed by atoms with van der Waals surface area (Å²) in [6.45, 7) is 8.98. The van der Waals surface area contributed by atoms with Gasteiger partial charge in [0.1, 0.15) is 0 Å². The normalized spacial score (nSPS) is 24.2. The van der Waals surface area contributed by atoms with E-state index in [4.69, 9.17) is 0 Å². The average molecular weight is 319 g/mol. The first-order chi connectivity index (χ1) is 8.84. The Morgan fingerprint density at radius 3 is 2.55 bits per heavy atom. The highest BCUT2D eigenvalue weighted by atomic mass is 35.5. The molecule has 0 radical (unpaired) electrons. The van der Waals surface area contributed by atoms with Crippen molar-refractivity contribution in [2.24, 2.45) is 0 Å². The Hall–Kier alpha value is -0.620. The zero-order chi connectivity index (χ0) is 14.2. The molecular formula is C14H23ClN2O2S. The fourth-order valence-electron chi connectivity index (χ4n) is 2.48. The van der Waals surface area contributed by atoms with E-state index in [2.05, 4.69) is 5.32 Å². The van der Waals surface area contributed by atoms with E-state index in [0.29, 0.717) is 18.0 Å². The minimum absolute atomic E-state index is 0. The lowest BCUT2D eigenvalue weighted by atomic mass is 10.1. The first-order valence-corrected chi connectivity index (χ1v) is 8.10. The number of benzene rings is 1. The Labute approximate surface area is 128 Å². The second-order valence-corrected chi connectivity index (χ2v) is 7.23. The summed E-state index contributed by atoms with van der Waals surface area (Å²) < 4.78 is 27.2. The van der Waals surface area contributed by atoms with E-state index in [1.807, 2.05) is 39.8 Å². The predicted molar refractivity (Wildman–Crippen MR) is 84.0 cm³/mol. The molecular weight excluding hydrogens is 296 g/mol. The molecule has 1 aliphatic heterocycles. The first-order valence-electron chi connectivity index (χ1n) is 6.66. The monoisotopic (exact) mass is 318 g/mol. The van der Waals surface area contributed by atoms with Crippen LogP contribution in [0.4, 0.5) is 0 Å². The van der Waals surface area contributed by atoms with Crippen LogP contribution in [0.5, 0.6) is 0 Å². The second-order valence-electron chi connectivity index (χ2n) is 5.37. The van der Waals surface area contributed by atoms with Gasteiger partial charge in [-0.05, 0) is 44.9 Å². The van der Waals surface area contributed by atoms with Crippen LogP contribution in [0.15, 0.2) is 23.1 Å². The molecule has 1 fully saturated rings. The smallest absolute Gasteiger partial charge is 0.243 e. The van der Waals surface area contributed by atoms with E-state index >= 15 is 0 Å². The molecule has 20 heavy (non-hydrogen) atoms. The maximum Gasteiger partial charge on any atom is 0.243 e. The summed E-state index contributed by atoms with van der Waals surface area (Å²) in [5, 5.41) is 3.31. The molecule has 114 valence electrons. The number of sulfonamides is 1. The molecule has 4 nitrogen and oxygen atoms in total. The quantitative estimate of drug-likeness (QED) is 0.908. The van der Waals surface area contributed by atoms with Gasteiger partial charge < -0.3 is 5.32 Å². The van der Waals surface area contributed by atoms with Gasteiger partial charge in [-0.3, -0.25) is 0 Å². The minimum Gasteiger partial charge on any atom is -0.311 e. The number of nitrogens with one attached hydrogen (secondary N) is 1. The molecule has 2 unspecified atom stereocenters. The fraction of sp³-hybridized carbons (Fsp3) is 0.571. The van der Waals surface area contributed by atoms with Crippen molar-refractivity contribution in [1.29, 1.82) is 0 Å². The molecule has 6 heteroatoms. The summed E-state index contributed by atoms with van der Waals surface area (Å²) in [4.78, 5) is 0.438. The van der Waals surface area contributed by atoms with E-state index < -0.39 is 10.0 Å². The Bertz CT molecular complexity index is 575. The maximum atomic E-state index is 12.8.